The maximum absolute atomic E-state index is 11.8. The number of nitrogens with two attached hydrogens (primary N) is 2. The zero-order chi connectivity index (χ0) is 19.4. The SMILES string of the molecule is CCC(Nc1ccc(C(N)=O)c(Nc2cnc3ccccc3c2)n1)C(N)=O. The van der Waals surface area contributed by atoms with Gasteiger partial charge in [0, 0.05) is 5.39 Å². The average Bonchev–Trinajstić information content (AvgIpc) is 2.65. The summed E-state index contributed by atoms with van der Waals surface area (Å²) in [4.78, 5) is 32.0. The van der Waals surface area contributed by atoms with Crippen molar-refractivity contribution in [1.29, 1.82) is 0 Å². The van der Waals surface area contributed by atoms with Gasteiger partial charge in [0.05, 0.1) is 23.0 Å². The van der Waals surface area contributed by atoms with Crippen LogP contribution in [0.2, 0.25) is 0 Å². The van der Waals surface area contributed by atoms with Gasteiger partial charge in [-0.15, -0.1) is 0 Å². The van der Waals surface area contributed by atoms with Gasteiger partial charge in [0.25, 0.3) is 5.91 Å². The molecule has 0 aliphatic heterocycles. The van der Waals surface area contributed by atoms with Crippen LogP contribution in [0, 0.1) is 0 Å². The number of hydrogen-bond donors (Lipinski definition) is 4. The van der Waals surface area contributed by atoms with Gasteiger partial charge in [-0.1, -0.05) is 25.1 Å². The molecule has 1 aromatic carbocycles. The zero-order valence-electron chi connectivity index (χ0n) is 14.8. The summed E-state index contributed by atoms with van der Waals surface area (Å²) >= 11 is 0. The van der Waals surface area contributed by atoms with Gasteiger partial charge in [-0.05, 0) is 30.7 Å². The number of para-hydroxylation sites is 1. The number of nitrogens with zero attached hydrogens (tertiary/aromatic N) is 2. The Morgan fingerprint density at radius 3 is 2.63 bits per heavy atom. The summed E-state index contributed by atoms with van der Waals surface area (Å²) in [6.45, 7) is 1.83. The molecule has 6 N–H and O–H groups in total. The fourth-order valence-electron chi connectivity index (χ4n) is 2.66. The van der Waals surface area contributed by atoms with Crippen LogP contribution in [-0.4, -0.2) is 27.8 Å². The van der Waals surface area contributed by atoms with E-state index in [4.69, 9.17) is 11.5 Å². The van der Waals surface area contributed by atoms with E-state index >= 15 is 0 Å². The number of carbonyl (C=O) groups is 2. The number of benzene rings is 1. The minimum Gasteiger partial charge on any atom is -0.368 e. The molecule has 0 fully saturated rings. The molecular formula is C19H20N6O2. The second-order valence-electron chi connectivity index (χ2n) is 6.01. The number of nitrogens with one attached hydrogen (secondary N) is 2. The monoisotopic (exact) mass is 364 g/mol. The number of primary amides is 2. The molecule has 3 aromatic rings. The Bertz CT molecular complexity index is 1000. The van der Waals surface area contributed by atoms with Crippen molar-refractivity contribution in [3.63, 3.8) is 0 Å². The van der Waals surface area contributed by atoms with Crippen LogP contribution in [0.25, 0.3) is 10.9 Å². The van der Waals surface area contributed by atoms with E-state index < -0.39 is 17.9 Å². The third-order valence-corrected chi connectivity index (χ3v) is 4.09. The maximum Gasteiger partial charge on any atom is 0.252 e. The van der Waals surface area contributed by atoms with Gasteiger partial charge in [0.2, 0.25) is 5.91 Å². The predicted octanol–water partition coefficient (Wildman–Crippen LogP) is 2.15. The van der Waals surface area contributed by atoms with Gasteiger partial charge in [-0.25, -0.2) is 4.98 Å². The van der Waals surface area contributed by atoms with Crippen molar-refractivity contribution in [1.82, 2.24) is 9.97 Å². The van der Waals surface area contributed by atoms with Gasteiger partial charge in [0.15, 0.2) is 0 Å². The number of carbonyl (C=O) groups excluding carboxylic acids is 2. The first-order chi connectivity index (χ1) is 13.0. The Hall–Kier alpha value is -3.68. The Morgan fingerprint density at radius 2 is 1.93 bits per heavy atom. The first-order valence-corrected chi connectivity index (χ1v) is 8.46. The normalized spacial score (nSPS) is 11.7. The Labute approximate surface area is 156 Å². The second kappa shape index (κ2) is 7.69. The van der Waals surface area contributed by atoms with E-state index in [1.165, 1.54) is 0 Å². The Morgan fingerprint density at radius 1 is 1.15 bits per heavy atom. The molecule has 0 aliphatic carbocycles. The van der Waals surface area contributed by atoms with Crippen LogP contribution in [-0.2, 0) is 4.79 Å². The van der Waals surface area contributed by atoms with Gasteiger partial charge >= 0.3 is 0 Å². The maximum atomic E-state index is 11.8. The molecule has 27 heavy (non-hydrogen) atoms. The highest BCUT2D eigenvalue weighted by Crippen LogP contribution is 2.23. The minimum absolute atomic E-state index is 0.223. The lowest BCUT2D eigenvalue weighted by molar-refractivity contribution is -0.118. The van der Waals surface area contributed by atoms with Crippen LogP contribution in [0.3, 0.4) is 0 Å². The van der Waals surface area contributed by atoms with E-state index in [9.17, 15) is 9.59 Å². The van der Waals surface area contributed by atoms with Crippen LogP contribution in [0.5, 0.6) is 0 Å². The molecule has 2 amide bonds. The molecule has 8 nitrogen and oxygen atoms in total. The van der Waals surface area contributed by atoms with Crippen LogP contribution < -0.4 is 22.1 Å². The summed E-state index contributed by atoms with van der Waals surface area (Å²) in [5.41, 5.74) is 12.5. The quantitative estimate of drug-likeness (QED) is 0.507. The molecule has 0 saturated carbocycles. The number of amides is 2. The third kappa shape index (κ3) is 4.12. The largest absolute Gasteiger partial charge is 0.368 e. The molecule has 1 unspecified atom stereocenters. The van der Waals surface area contributed by atoms with Gasteiger partial charge in [-0.2, -0.15) is 0 Å². The van der Waals surface area contributed by atoms with Crippen LogP contribution in [0.15, 0.2) is 48.7 Å². The molecule has 8 heteroatoms. The predicted molar refractivity (Wildman–Crippen MR) is 105 cm³/mol. The van der Waals surface area contributed by atoms with Crippen molar-refractivity contribution in [3.05, 3.63) is 54.2 Å². The van der Waals surface area contributed by atoms with Crippen molar-refractivity contribution < 1.29 is 9.59 Å². The fourth-order valence-corrected chi connectivity index (χ4v) is 2.66. The highest BCUT2D eigenvalue weighted by molar-refractivity contribution is 5.99. The number of hydrogen-bond acceptors (Lipinski definition) is 6. The van der Waals surface area contributed by atoms with E-state index in [1.807, 2.05) is 37.3 Å². The molecule has 0 spiro atoms. The topological polar surface area (TPSA) is 136 Å². The summed E-state index contributed by atoms with van der Waals surface area (Å²) in [7, 11) is 0. The summed E-state index contributed by atoms with van der Waals surface area (Å²) in [5, 5.41) is 6.97. The number of aromatic nitrogens is 2. The summed E-state index contributed by atoms with van der Waals surface area (Å²) in [6, 6.07) is 12.1. The third-order valence-electron chi connectivity index (χ3n) is 4.09. The van der Waals surface area contributed by atoms with Gasteiger partial charge < -0.3 is 22.1 Å². The summed E-state index contributed by atoms with van der Waals surface area (Å²) in [6.07, 6.45) is 2.15. The number of anilines is 3. The molecule has 2 heterocycles. The van der Waals surface area contributed by atoms with Crippen molar-refractivity contribution >= 4 is 40.0 Å². The molecule has 2 aromatic heterocycles. The lowest BCUT2D eigenvalue weighted by Crippen LogP contribution is -2.35. The lowest BCUT2D eigenvalue weighted by Gasteiger charge is -2.16. The van der Waals surface area contributed by atoms with Crippen LogP contribution in [0.4, 0.5) is 17.3 Å². The molecule has 3 rings (SSSR count). The highest BCUT2D eigenvalue weighted by atomic mass is 16.1. The molecule has 0 radical (unpaired) electrons. The lowest BCUT2D eigenvalue weighted by atomic mass is 10.2. The van der Waals surface area contributed by atoms with Crippen molar-refractivity contribution in [2.75, 3.05) is 10.6 Å². The van der Waals surface area contributed by atoms with Crippen LogP contribution in [0.1, 0.15) is 23.7 Å². The number of rotatable bonds is 7. The van der Waals surface area contributed by atoms with Gasteiger partial charge in [-0.3, -0.25) is 14.6 Å². The second-order valence-corrected chi connectivity index (χ2v) is 6.01. The molecule has 0 saturated heterocycles. The highest BCUT2D eigenvalue weighted by Gasteiger charge is 2.16. The molecule has 0 bridgehead atoms. The zero-order valence-corrected chi connectivity index (χ0v) is 14.8. The van der Waals surface area contributed by atoms with Crippen molar-refractivity contribution in [2.24, 2.45) is 11.5 Å². The first-order valence-electron chi connectivity index (χ1n) is 8.46. The average molecular weight is 364 g/mol. The Balaban J connectivity index is 1.94. The van der Waals surface area contributed by atoms with E-state index in [2.05, 4.69) is 20.6 Å². The minimum atomic E-state index is -0.618. The number of fused-ring (bicyclic) bond motifs is 1. The van der Waals surface area contributed by atoms with E-state index in [0.717, 1.165) is 10.9 Å². The van der Waals surface area contributed by atoms with Crippen molar-refractivity contribution in [3.8, 4) is 0 Å². The van der Waals surface area contributed by atoms with E-state index in [1.54, 1.807) is 18.3 Å². The summed E-state index contributed by atoms with van der Waals surface area (Å²) in [5.74, 6) is -0.426. The molecule has 0 aliphatic rings. The first kappa shape index (κ1) is 18.1. The summed E-state index contributed by atoms with van der Waals surface area (Å²) < 4.78 is 0. The van der Waals surface area contributed by atoms with Crippen molar-refractivity contribution in [2.45, 2.75) is 19.4 Å². The molecule has 138 valence electrons. The molecular weight excluding hydrogens is 344 g/mol. The molecule has 1 atom stereocenters. The standard InChI is InChI=1S/C19H20N6O2/c1-2-14(18(21)27)24-16-8-7-13(17(20)26)19(25-16)23-12-9-11-5-3-4-6-15(11)22-10-12/h3-10,14H,2H2,1H3,(H2,20,26)(H2,21,27)(H2,23,24,25). The smallest absolute Gasteiger partial charge is 0.252 e. The van der Waals surface area contributed by atoms with E-state index in [-0.39, 0.29) is 11.4 Å². The number of pyridine rings is 2. The van der Waals surface area contributed by atoms with Crippen LogP contribution >= 0.6 is 0 Å². The van der Waals surface area contributed by atoms with Gasteiger partial charge in [0.1, 0.15) is 17.7 Å². The van der Waals surface area contributed by atoms with E-state index in [0.29, 0.717) is 17.9 Å². The fraction of sp³-hybridized carbons (Fsp3) is 0.158. The Kier molecular flexibility index (Phi) is 5.16.